The van der Waals surface area contributed by atoms with E-state index >= 15 is 0 Å². The molecule has 7 nitrogen and oxygen atoms in total. The molecular formula is C17H21N3O4. The van der Waals surface area contributed by atoms with Crippen molar-refractivity contribution in [3.8, 4) is 0 Å². The van der Waals surface area contributed by atoms with E-state index in [9.17, 15) is 14.4 Å². The first-order valence-electron chi connectivity index (χ1n) is 7.92. The molecule has 3 rings (SSSR count). The molecule has 24 heavy (non-hydrogen) atoms. The number of furan rings is 1. The summed E-state index contributed by atoms with van der Waals surface area (Å²) in [4.78, 5) is 37.3. The van der Waals surface area contributed by atoms with Crippen molar-refractivity contribution in [3.05, 3.63) is 56.3 Å². The lowest BCUT2D eigenvalue weighted by Gasteiger charge is -2.34. The van der Waals surface area contributed by atoms with Crippen LogP contribution >= 0.6 is 0 Å². The summed E-state index contributed by atoms with van der Waals surface area (Å²) in [6.45, 7) is 6.03. The molecule has 0 unspecified atom stereocenters. The maximum atomic E-state index is 12.4. The summed E-state index contributed by atoms with van der Waals surface area (Å²) in [5.41, 5.74) is -0.0518. The van der Waals surface area contributed by atoms with E-state index in [1.54, 1.807) is 0 Å². The number of aryl methyl sites for hydroxylation is 1. The van der Waals surface area contributed by atoms with Crippen molar-refractivity contribution in [3.63, 3.8) is 0 Å². The van der Waals surface area contributed by atoms with Crippen molar-refractivity contribution in [1.82, 2.24) is 14.9 Å². The smallest absolute Gasteiger partial charge is 0.328 e. The summed E-state index contributed by atoms with van der Waals surface area (Å²) in [5.74, 6) is 1.46. The van der Waals surface area contributed by atoms with Gasteiger partial charge in [0.1, 0.15) is 18.1 Å². The molecule has 2 heterocycles. The summed E-state index contributed by atoms with van der Waals surface area (Å²) in [7, 11) is 0. The van der Waals surface area contributed by atoms with E-state index in [0.717, 1.165) is 29.9 Å². The summed E-state index contributed by atoms with van der Waals surface area (Å²) in [6, 6.07) is 3.03. The molecule has 0 spiro atoms. The Bertz CT molecular complexity index is 888. The molecule has 1 aliphatic rings. The molecule has 1 atom stereocenters. The van der Waals surface area contributed by atoms with Gasteiger partial charge >= 0.3 is 5.69 Å². The van der Waals surface area contributed by atoms with Crippen LogP contribution in [0, 0.1) is 12.3 Å². The Morgan fingerprint density at radius 1 is 1.46 bits per heavy atom. The number of fused-ring (bicyclic) bond motifs is 1. The highest BCUT2D eigenvalue weighted by molar-refractivity contribution is 5.76. The first-order valence-corrected chi connectivity index (χ1v) is 7.92. The maximum absolute atomic E-state index is 12.4. The standard InChI is InChI=1S/C17H21N3O4/c1-10-6-11-12(7-17(2,3)8-13(11)24-10)18-15(22)9-20-5-4-14(21)19-16(20)23/h4-6,12H,7-9H2,1-3H3,(H,18,22)(H,19,21,23)/t12-/m1/s1. The summed E-state index contributed by atoms with van der Waals surface area (Å²) in [6.07, 6.45) is 2.95. The number of carbonyl (C=O) groups is 1. The van der Waals surface area contributed by atoms with E-state index in [4.69, 9.17) is 4.42 Å². The molecule has 2 aromatic heterocycles. The zero-order chi connectivity index (χ0) is 17.5. The zero-order valence-electron chi connectivity index (χ0n) is 14.0. The van der Waals surface area contributed by atoms with Gasteiger partial charge in [0.25, 0.3) is 5.56 Å². The van der Waals surface area contributed by atoms with Crippen molar-refractivity contribution < 1.29 is 9.21 Å². The van der Waals surface area contributed by atoms with Gasteiger partial charge in [0.15, 0.2) is 0 Å². The van der Waals surface area contributed by atoms with Gasteiger partial charge in [-0.05, 0) is 24.8 Å². The van der Waals surface area contributed by atoms with Crippen LogP contribution in [0.25, 0.3) is 0 Å². The van der Waals surface area contributed by atoms with Crippen LogP contribution in [0.4, 0.5) is 0 Å². The Labute approximate surface area is 138 Å². The van der Waals surface area contributed by atoms with E-state index in [2.05, 4.69) is 24.1 Å². The second-order valence-electron chi connectivity index (χ2n) is 7.14. The van der Waals surface area contributed by atoms with Gasteiger partial charge in [-0.3, -0.25) is 19.1 Å². The zero-order valence-corrected chi connectivity index (χ0v) is 14.0. The average Bonchev–Trinajstić information content (AvgIpc) is 2.81. The van der Waals surface area contributed by atoms with Crippen molar-refractivity contribution >= 4 is 5.91 Å². The fourth-order valence-electron chi connectivity index (χ4n) is 3.28. The second kappa shape index (κ2) is 5.81. The third-order valence-electron chi connectivity index (χ3n) is 4.28. The molecule has 7 heteroatoms. The molecule has 128 valence electrons. The number of carbonyl (C=O) groups excluding carboxylic acids is 1. The van der Waals surface area contributed by atoms with E-state index in [0.29, 0.717) is 0 Å². The van der Waals surface area contributed by atoms with Crippen LogP contribution in [0.5, 0.6) is 0 Å². The number of aromatic nitrogens is 2. The molecule has 0 fully saturated rings. The minimum absolute atomic E-state index is 0.0179. The van der Waals surface area contributed by atoms with Crippen molar-refractivity contribution in [2.75, 3.05) is 0 Å². The first-order chi connectivity index (χ1) is 11.2. The van der Waals surface area contributed by atoms with Gasteiger partial charge in [-0.1, -0.05) is 13.8 Å². The Balaban J connectivity index is 1.78. The highest BCUT2D eigenvalue weighted by Crippen LogP contribution is 2.41. The lowest BCUT2D eigenvalue weighted by atomic mass is 9.74. The number of hydrogen-bond donors (Lipinski definition) is 2. The Kier molecular flexibility index (Phi) is 3.95. The molecule has 0 aromatic carbocycles. The molecular weight excluding hydrogens is 310 g/mol. The van der Waals surface area contributed by atoms with Gasteiger partial charge in [0, 0.05) is 24.2 Å². The van der Waals surface area contributed by atoms with Gasteiger partial charge in [0.2, 0.25) is 5.91 Å². The number of H-pyrrole nitrogens is 1. The molecule has 2 aromatic rings. The van der Waals surface area contributed by atoms with Gasteiger partial charge in [0.05, 0.1) is 6.04 Å². The van der Waals surface area contributed by atoms with Crippen molar-refractivity contribution in [2.45, 2.75) is 46.2 Å². The Morgan fingerprint density at radius 2 is 2.21 bits per heavy atom. The summed E-state index contributed by atoms with van der Waals surface area (Å²) < 4.78 is 6.93. The second-order valence-corrected chi connectivity index (χ2v) is 7.14. The summed E-state index contributed by atoms with van der Waals surface area (Å²) in [5, 5.41) is 2.98. The molecule has 1 aliphatic carbocycles. The van der Waals surface area contributed by atoms with Crippen LogP contribution in [0.15, 0.2) is 32.3 Å². The number of nitrogens with one attached hydrogen (secondary N) is 2. The van der Waals surface area contributed by atoms with Gasteiger partial charge < -0.3 is 9.73 Å². The highest BCUT2D eigenvalue weighted by Gasteiger charge is 2.35. The predicted octanol–water partition coefficient (Wildman–Crippen LogP) is 1.27. The van der Waals surface area contributed by atoms with Gasteiger partial charge in [-0.15, -0.1) is 0 Å². The Morgan fingerprint density at radius 3 is 2.92 bits per heavy atom. The number of hydrogen-bond acceptors (Lipinski definition) is 4. The number of aromatic amines is 1. The molecule has 0 saturated carbocycles. The van der Waals surface area contributed by atoms with E-state index in [-0.39, 0.29) is 23.9 Å². The fourth-order valence-corrected chi connectivity index (χ4v) is 3.28. The lowest BCUT2D eigenvalue weighted by molar-refractivity contribution is -0.122. The van der Waals surface area contributed by atoms with Gasteiger partial charge in [-0.2, -0.15) is 0 Å². The monoisotopic (exact) mass is 331 g/mol. The largest absolute Gasteiger partial charge is 0.466 e. The SMILES string of the molecule is Cc1cc2c(o1)CC(C)(C)C[C@H]2NC(=O)Cn1ccc(=O)[nH]c1=O. The average molecular weight is 331 g/mol. The van der Waals surface area contributed by atoms with E-state index in [1.165, 1.54) is 16.8 Å². The first kappa shape index (κ1) is 16.3. The van der Waals surface area contributed by atoms with Crippen LogP contribution in [0.3, 0.4) is 0 Å². The van der Waals surface area contributed by atoms with Crippen LogP contribution in [-0.2, 0) is 17.8 Å². The number of nitrogens with zero attached hydrogens (tertiary/aromatic N) is 1. The van der Waals surface area contributed by atoms with Crippen LogP contribution in [0.2, 0.25) is 0 Å². The van der Waals surface area contributed by atoms with E-state index in [1.807, 2.05) is 13.0 Å². The lowest BCUT2D eigenvalue weighted by Crippen LogP contribution is -2.39. The topological polar surface area (TPSA) is 97.1 Å². The molecule has 0 radical (unpaired) electrons. The van der Waals surface area contributed by atoms with Crippen molar-refractivity contribution in [1.29, 1.82) is 0 Å². The molecule has 0 bridgehead atoms. The molecule has 0 aliphatic heterocycles. The minimum Gasteiger partial charge on any atom is -0.466 e. The third kappa shape index (κ3) is 3.34. The van der Waals surface area contributed by atoms with Gasteiger partial charge in [-0.25, -0.2) is 4.79 Å². The quantitative estimate of drug-likeness (QED) is 0.885. The molecule has 2 N–H and O–H groups in total. The minimum atomic E-state index is -0.596. The Hall–Kier alpha value is -2.57. The maximum Gasteiger partial charge on any atom is 0.328 e. The third-order valence-corrected chi connectivity index (χ3v) is 4.28. The van der Waals surface area contributed by atoms with Crippen LogP contribution < -0.4 is 16.6 Å². The predicted molar refractivity (Wildman–Crippen MR) is 87.8 cm³/mol. The van der Waals surface area contributed by atoms with Crippen molar-refractivity contribution in [2.24, 2.45) is 5.41 Å². The number of amides is 1. The number of rotatable bonds is 3. The fraction of sp³-hybridized carbons (Fsp3) is 0.471. The summed E-state index contributed by atoms with van der Waals surface area (Å²) >= 11 is 0. The van der Waals surface area contributed by atoms with Crippen LogP contribution in [-0.4, -0.2) is 15.5 Å². The molecule has 0 saturated heterocycles. The highest BCUT2D eigenvalue weighted by atomic mass is 16.3. The molecule has 1 amide bonds. The normalized spacial score (nSPS) is 18.9. The van der Waals surface area contributed by atoms with Crippen LogP contribution in [0.1, 0.15) is 43.4 Å². The van der Waals surface area contributed by atoms with E-state index < -0.39 is 11.2 Å².